The number of fused-ring (bicyclic) bond motifs is 1. The van der Waals surface area contributed by atoms with Gasteiger partial charge in [-0.15, -0.1) is 0 Å². The quantitative estimate of drug-likeness (QED) is 0.783. The highest BCUT2D eigenvalue weighted by molar-refractivity contribution is 5.25. The lowest BCUT2D eigenvalue weighted by Crippen LogP contribution is -2.17. The molecule has 0 saturated heterocycles. The fourth-order valence-corrected chi connectivity index (χ4v) is 2.89. The van der Waals surface area contributed by atoms with Gasteiger partial charge in [0.25, 0.3) is 0 Å². The molecule has 1 aliphatic rings. The molecule has 3 rings (SSSR count). The predicted octanol–water partition coefficient (Wildman–Crippen LogP) is 3.68. The average molecular weight is 240 g/mol. The molecular weight excluding hydrogens is 220 g/mol. The molecule has 0 fully saturated rings. The van der Waals surface area contributed by atoms with Gasteiger partial charge in [-0.3, -0.25) is 0 Å². The van der Waals surface area contributed by atoms with E-state index in [0.717, 1.165) is 6.42 Å². The zero-order valence-electron chi connectivity index (χ0n) is 11.2. The summed E-state index contributed by atoms with van der Waals surface area (Å²) in [7, 11) is 0. The molecule has 0 radical (unpaired) electrons. The fraction of sp³-hybridized carbons (Fsp3) is 0.438. The van der Waals surface area contributed by atoms with Gasteiger partial charge in [-0.2, -0.15) is 0 Å². The van der Waals surface area contributed by atoms with Gasteiger partial charge in [0.1, 0.15) is 5.82 Å². The van der Waals surface area contributed by atoms with Crippen molar-refractivity contribution in [3.63, 3.8) is 0 Å². The van der Waals surface area contributed by atoms with Crippen LogP contribution in [0.5, 0.6) is 0 Å². The SMILES string of the molecule is Cc1ccc(Cc2ncc3n2C(C)CCC3)cc1. The first-order valence-corrected chi connectivity index (χ1v) is 6.84. The smallest absolute Gasteiger partial charge is 0.113 e. The summed E-state index contributed by atoms with van der Waals surface area (Å²) < 4.78 is 2.45. The first-order valence-electron chi connectivity index (χ1n) is 6.84. The number of nitrogens with zero attached hydrogens (tertiary/aromatic N) is 2. The van der Waals surface area contributed by atoms with Gasteiger partial charge in [0.05, 0.1) is 0 Å². The Kier molecular flexibility index (Phi) is 2.94. The molecule has 0 spiro atoms. The van der Waals surface area contributed by atoms with Crippen molar-refractivity contribution >= 4 is 0 Å². The summed E-state index contributed by atoms with van der Waals surface area (Å²) in [6.07, 6.45) is 6.79. The number of rotatable bonds is 2. The minimum atomic E-state index is 0.608. The molecule has 2 heterocycles. The molecule has 18 heavy (non-hydrogen) atoms. The standard InChI is InChI=1S/C16H20N2/c1-12-6-8-14(9-7-12)10-16-17-11-15-5-3-4-13(2)18(15)16/h6-9,11,13H,3-5,10H2,1-2H3. The summed E-state index contributed by atoms with van der Waals surface area (Å²) in [5.74, 6) is 1.22. The molecule has 1 aromatic carbocycles. The van der Waals surface area contributed by atoms with Crippen LogP contribution in [0.2, 0.25) is 0 Å². The van der Waals surface area contributed by atoms with E-state index in [4.69, 9.17) is 0 Å². The van der Waals surface area contributed by atoms with E-state index in [9.17, 15) is 0 Å². The Morgan fingerprint density at radius 2 is 2.06 bits per heavy atom. The summed E-state index contributed by atoms with van der Waals surface area (Å²) in [6, 6.07) is 9.39. The van der Waals surface area contributed by atoms with Crippen molar-refractivity contribution in [1.29, 1.82) is 0 Å². The molecule has 0 saturated carbocycles. The zero-order valence-corrected chi connectivity index (χ0v) is 11.2. The van der Waals surface area contributed by atoms with E-state index in [1.54, 1.807) is 0 Å². The highest BCUT2D eigenvalue weighted by atomic mass is 15.1. The monoisotopic (exact) mass is 240 g/mol. The van der Waals surface area contributed by atoms with Crippen molar-refractivity contribution in [2.45, 2.75) is 45.6 Å². The van der Waals surface area contributed by atoms with Crippen molar-refractivity contribution in [1.82, 2.24) is 9.55 Å². The summed E-state index contributed by atoms with van der Waals surface area (Å²) in [4.78, 5) is 4.63. The van der Waals surface area contributed by atoms with E-state index in [1.807, 2.05) is 0 Å². The van der Waals surface area contributed by atoms with Crippen LogP contribution < -0.4 is 0 Å². The fourth-order valence-electron chi connectivity index (χ4n) is 2.89. The second kappa shape index (κ2) is 4.60. The number of hydrogen-bond donors (Lipinski definition) is 0. The molecule has 94 valence electrons. The minimum Gasteiger partial charge on any atom is -0.329 e. The van der Waals surface area contributed by atoms with Crippen molar-refractivity contribution < 1.29 is 0 Å². The van der Waals surface area contributed by atoms with Gasteiger partial charge < -0.3 is 4.57 Å². The van der Waals surface area contributed by atoms with Crippen LogP contribution in [0.3, 0.4) is 0 Å². The molecule has 2 aromatic rings. The molecule has 1 atom stereocenters. The van der Waals surface area contributed by atoms with Crippen LogP contribution in [0.1, 0.15) is 48.5 Å². The Hall–Kier alpha value is -1.57. The molecule has 1 unspecified atom stereocenters. The third-order valence-electron chi connectivity index (χ3n) is 3.93. The summed E-state index contributed by atoms with van der Waals surface area (Å²) in [5, 5.41) is 0. The number of imidazole rings is 1. The molecule has 1 aromatic heterocycles. The highest BCUT2D eigenvalue weighted by Crippen LogP contribution is 2.26. The van der Waals surface area contributed by atoms with Crippen molar-refractivity contribution in [2.75, 3.05) is 0 Å². The molecule has 2 heteroatoms. The van der Waals surface area contributed by atoms with E-state index in [-0.39, 0.29) is 0 Å². The Balaban J connectivity index is 1.89. The molecule has 0 N–H and O–H groups in total. The van der Waals surface area contributed by atoms with Crippen LogP contribution >= 0.6 is 0 Å². The van der Waals surface area contributed by atoms with Crippen LogP contribution in [-0.2, 0) is 12.8 Å². The normalized spacial score (nSPS) is 18.7. The van der Waals surface area contributed by atoms with Crippen LogP contribution in [0.4, 0.5) is 0 Å². The van der Waals surface area contributed by atoms with Crippen molar-refractivity contribution in [2.24, 2.45) is 0 Å². The number of hydrogen-bond acceptors (Lipinski definition) is 1. The first-order chi connectivity index (χ1) is 8.74. The maximum Gasteiger partial charge on any atom is 0.113 e. The number of aryl methyl sites for hydroxylation is 2. The zero-order chi connectivity index (χ0) is 12.5. The summed E-state index contributed by atoms with van der Waals surface area (Å²) in [6.45, 7) is 4.44. The Labute approximate surface area is 109 Å². The highest BCUT2D eigenvalue weighted by Gasteiger charge is 2.19. The van der Waals surface area contributed by atoms with E-state index in [0.29, 0.717) is 6.04 Å². The lowest BCUT2D eigenvalue weighted by molar-refractivity contribution is 0.421. The number of benzene rings is 1. The lowest BCUT2D eigenvalue weighted by Gasteiger charge is -2.24. The maximum atomic E-state index is 4.63. The largest absolute Gasteiger partial charge is 0.329 e. The molecule has 1 aliphatic heterocycles. The first kappa shape index (κ1) is 11.5. The molecule has 2 nitrogen and oxygen atoms in total. The van der Waals surface area contributed by atoms with Crippen LogP contribution in [0, 0.1) is 6.92 Å². The maximum absolute atomic E-state index is 4.63. The van der Waals surface area contributed by atoms with Crippen LogP contribution in [0.25, 0.3) is 0 Å². The van der Waals surface area contributed by atoms with E-state index in [1.165, 1.54) is 41.9 Å². The summed E-state index contributed by atoms with van der Waals surface area (Å²) >= 11 is 0. The second-order valence-electron chi connectivity index (χ2n) is 5.44. The summed E-state index contributed by atoms with van der Waals surface area (Å²) in [5.41, 5.74) is 4.08. The Morgan fingerprint density at radius 3 is 2.83 bits per heavy atom. The van der Waals surface area contributed by atoms with Gasteiger partial charge in [-0.1, -0.05) is 29.8 Å². The number of aromatic nitrogens is 2. The average Bonchev–Trinajstić information content (AvgIpc) is 2.77. The van der Waals surface area contributed by atoms with E-state index >= 15 is 0 Å². The van der Waals surface area contributed by atoms with Gasteiger partial charge in [0, 0.05) is 24.4 Å². The second-order valence-corrected chi connectivity index (χ2v) is 5.44. The molecule has 0 amide bonds. The van der Waals surface area contributed by atoms with E-state index in [2.05, 4.69) is 53.9 Å². The predicted molar refractivity (Wildman–Crippen MR) is 73.9 cm³/mol. The van der Waals surface area contributed by atoms with Crippen LogP contribution in [0.15, 0.2) is 30.5 Å². The molecular formula is C16H20N2. The van der Waals surface area contributed by atoms with E-state index < -0.39 is 0 Å². The Bertz CT molecular complexity index is 537. The molecule has 0 aliphatic carbocycles. The Morgan fingerprint density at radius 1 is 1.28 bits per heavy atom. The van der Waals surface area contributed by atoms with Gasteiger partial charge in [-0.25, -0.2) is 4.98 Å². The van der Waals surface area contributed by atoms with Gasteiger partial charge in [0.15, 0.2) is 0 Å². The van der Waals surface area contributed by atoms with Crippen molar-refractivity contribution in [3.05, 3.63) is 53.1 Å². The molecule has 0 bridgehead atoms. The third-order valence-corrected chi connectivity index (χ3v) is 3.93. The third kappa shape index (κ3) is 2.07. The minimum absolute atomic E-state index is 0.608. The van der Waals surface area contributed by atoms with Crippen LogP contribution in [-0.4, -0.2) is 9.55 Å². The van der Waals surface area contributed by atoms with Gasteiger partial charge >= 0.3 is 0 Å². The van der Waals surface area contributed by atoms with Crippen molar-refractivity contribution in [3.8, 4) is 0 Å². The van der Waals surface area contributed by atoms with Gasteiger partial charge in [0.2, 0.25) is 0 Å². The lowest BCUT2D eigenvalue weighted by atomic mass is 10.0. The van der Waals surface area contributed by atoms with Gasteiger partial charge in [-0.05, 0) is 38.7 Å². The topological polar surface area (TPSA) is 17.8 Å².